The minimum Gasteiger partial charge on any atom is -0.409 e. The van der Waals surface area contributed by atoms with E-state index in [1.807, 2.05) is 0 Å². The molecule has 1 rings (SSSR count). The van der Waals surface area contributed by atoms with Crippen molar-refractivity contribution in [1.82, 2.24) is 5.32 Å². The highest BCUT2D eigenvalue weighted by atomic mass is 35.5. The highest BCUT2D eigenvalue weighted by Crippen LogP contribution is 2.23. The third-order valence-corrected chi connectivity index (χ3v) is 2.51. The van der Waals surface area contributed by atoms with Crippen LogP contribution in [0.2, 0.25) is 10.0 Å². The second kappa shape index (κ2) is 9.62. The maximum Gasteiger partial charge on any atom is 0.153 e. The molecule has 8 heteroatoms. The van der Waals surface area contributed by atoms with E-state index in [-0.39, 0.29) is 37.2 Å². The summed E-state index contributed by atoms with van der Waals surface area (Å²) in [6, 6.07) is 5.29. The third kappa shape index (κ3) is 6.19. The molecule has 0 amide bonds. The van der Waals surface area contributed by atoms with Crippen LogP contribution in [-0.2, 0) is 6.54 Å². The van der Waals surface area contributed by atoms with Crippen LogP contribution in [0.5, 0.6) is 0 Å². The molecular formula is C9H13Cl4N3O. The van der Waals surface area contributed by atoms with Crippen molar-refractivity contribution in [1.29, 1.82) is 0 Å². The summed E-state index contributed by atoms with van der Waals surface area (Å²) in [6.45, 7) is 0.743. The Kier molecular flexibility index (Phi) is 10.7. The van der Waals surface area contributed by atoms with Crippen LogP contribution in [0.25, 0.3) is 0 Å². The topological polar surface area (TPSA) is 70.6 Å². The number of oxime groups is 1. The van der Waals surface area contributed by atoms with E-state index in [1.165, 1.54) is 0 Å². The van der Waals surface area contributed by atoms with Gasteiger partial charge in [-0.2, -0.15) is 0 Å². The van der Waals surface area contributed by atoms with E-state index < -0.39 is 0 Å². The summed E-state index contributed by atoms with van der Waals surface area (Å²) in [7, 11) is 0. The number of hydrogen-bond acceptors (Lipinski definition) is 3. The Morgan fingerprint density at radius 2 is 1.82 bits per heavy atom. The number of nitrogens with one attached hydrogen (secondary N) is 1. The summed E-state index contributed by atoms with van der Waals surface area (Å²) < 4.78 is 0. The highest BCUT2D eigenvalue weighted by molar-refractivity contribution is 6.35. The molecule has 0 saturated carbocycles. The first kappa shape index (κ1) is 19.0. The average molecular weight is 321 g/mol. The number of amidine groups is 1. The smallest absolute Gasteiger partial charge is 0.153 e. The molecule has 0 fully saturated rings. The van der Waals surface area contributed by atoms with Crippen molar-refractivity contribution in [3.63, 3.8) is 0 Å². The molecule has 0 radical (unpaired) electrons. The maximum absolute atomic E-state index is 8.31. The number of hydrogen-bond donors (Lipinski definition) is 3. The van der Waals surface area contributed by atoms with E-state index in [4.69, 9.17) is 34.1 Å². The SMILES string of the molecule is Cl.Cl.NC(CNCc1c(Cl)cccc1Cl)=NO. The average Bonchev–Trinajstić information content (AvgIpc) is 2.22. The van der Waals surface area contributed by atoms with E-state index in [9.17, 15) is 0 Å². The van der Waals surface area contributed by atoms with Crippen LogP contribution in [0.15, 0.2) is 23.4 Å². The minimum absolute atomic E-state index is 0. The number of nitrogens with two attached hydrogens (primary N) is 1. The van der Waals surface area contributed by atoms with Crippen molar-refractivity contribution in [2.45, 2.75) is 6.54 Å². The van der Waals surface area contributed by atoms with Gasteiger partial charge in [-0.25, -0.2) is 0 Å². The molecule has 0 saturated heterocycles. The number of halogens is 4. The Morgan fingerprint density at radius 1 is 1.29 bits per heavy atom. The fraction of sp³-hybridized carbons (Fsp3) is 0.222. The van der Waals surface area contributed by atoms with Gasteiger partial charge in [-0.1, -0.05) is 34.4 Å². The molecule has 0 spiro atoms. The monoisotopic (exact) mass is 319 g/mol. The lowest BCUT2D eigenvalue weighted by Gasteiger charge is -2.07. The van der Waals surface area contributed by atoms with Crippen LogP contribution >= 0.6 is 48.0 Å². The van der Waals surface area contributed by atoms with Crippen LogP contribution in [0, 0.1) is 0 Å². The van der Waals surface area contributed by atoms with Crippen LogP contribution in [0.4, 0.5) is 0 Å². The Balaban J connectivity index is 0. The molecule has 98 valence electrons. The molecule has 0 unspecified atom stereocenters. The number of nitrogens with zero attached hydrogens (tertiary/aromatic N) is 1. The van der Waals surface area contributed by atoms with Gasteiger partial charge in [0.25, 0.3) is 0 Å². The molecule has 0 atom stereocenters. The summed E-state index contributed by atoms with van der Waals surface area (Å²) >= 11 is 11.9. The lowest BCUT2D eigenvalue weighted by Crippen LogP contribution is -2.28. The number of benzene rings is 1. The Hall–Kier alpha value is -0.390. The zero-order chi connectivity index (χ0) is 11.3. The predicted molar refractivity (Wildman–Crippen MR) is 76.1 cm³/mol. The first-order chi connectivity index (χ1) is 7.15. The van der Waals surface area contributed by atoms with Gasteiger partial charge < -0.3 is 16.3 Å². The molecule has 0 bridgehead atoms. The van der Waals surface area contributed by atoms with E-state index in [1.54, 1.807) is 18.2 Å². The molecule has 0 aliphatic heterocycles. The molecule has 4 nitrogen and oxygen atoms in total. The summed E-state index contributed by atoms with van der Waals surface area (Å²) in [6.07, 6.45) is 0. The summed E-state index contributed by atoms with van der Waals surface area (Å²) in [5, 5.41) is 15.3. The van der Waals surface area contributed by atoms with E-state index in [0.717, 1.165) is 5.56 Å². The molecule has 1 aromatic carbocycles. The largest absolute Gasteiger partial charge is 0.409 e. The van der Waals surface area contributed by atoms with Crippen LogP contribution < -0.4 is 11.1 Å². The molecule has 1 aromatic rings. The van der Waals surface area contributed by atoms with Gasteiger partial charge in [0.15, 0.2) is 5.84 Å². The normalized spacial score (nSPS) is 10.4. The number of rotatable bonds is 4. The Bertz CT molecular complexity index is 353. The lowest BCUT2D eigenvalue weighted by molar-refractivity contribution is 0.317. The zero-order valence-corrected chi connectivity index (χ0v) is 11.8. The molecule has 4 N–H and O–H groups in total. The van der Waals surface area contributed by atoms with Crippen molar-refractivity contribution in [2.75, 3.05) is 6.54 Å². The van der Waals surface area contributed by atoms with Gasteiger partial charge in [0, 0.05) is 22.2 Å². The van der Waals surface area contributed by atoms with Crippen molar-refractivity contribution in [3.8, 4) is 0 Å². The fourth-order valence-corrected chi connectivity index (χ4v) is 1.58. The molecule has 0 aromatic heterocycles. The van der Waals surface area contributed by atoms with Crippen molar-refractivity contribution in [3.05, 3.63) is 33.8 Å². The Labute approximate surface area is 122 Å². The third-order valence-electron chi connectivity index (χ3n) is 1.80. The predicted octanol–water partition coefficient (Wildman–Crippen LogP) is 2.67. The summed E-state index contributed by atoms with van der Waals surface area (Å²) in [5.74, 6) is 0.109. The first-order valence-electron chi connectivity index (χ1n) is 4.25. The van der Waals surface area contributed by atoms with Gasteiger partial charge in [0.2, 0.25) is 0 Å². The summed E-state index contributed by atoms with van der Waals surface area (Å²) in [5.41, 5.74) is 6.08. The fourth-order valence-electron chi connectivity index (χ4n) is 1.05. The van der Waals surface area contributed by atoms with Crippen LogP contribution in [0.3, 0.4) is 0 Å². The molecule has 0 aliphatic rings. The standard InChI is InChI=1S/C9H11Cl2N3O.2ClH/c10-7-2-1-3-8(11)6(7)4-13-5-9(12)14-15;;/h1-3,13,15H,4-5H2,(H2,12,14);2*1H. The van der Waals surface area contributed by atoms with E-state index >= 15 is 0 Å². The van der Waals surface area contributed by atoms with Crippen LogP contribution in [0.1, 0.15) is 5.56 Å². The maximum atomic E-state index is 8.31. The Morgan fingerprint density at radius 3 is 2.29 bits per heavy atom. The van der Waals surface area contributed by atoms with Gasteiger partial charge in [0.05, 0.1) is 6.54 Å². The lowest BCUT2D eigenvalue weighted by atomic mass is 10.2. The summed E-state index contributed by atoms with van der Waals surface area (Å²) in [4.78, 5) is 0. The first-order valence-corrected chi connectivity index (χ1v) is 5.00. The minimum atomic E-state index is 0. The molecule has 0 aliphatic carbocycles. The van der Waals surface area contributed by atoms with E-state index in [0.29, 0.717) is 16.6 Å². The second-order valence-corrected chi connectivity index (χ2v) is 3.71. The van der Waals surface area contributed by atoms with Crippen molar-refractivity contribution < 1.29 is 5.21 Å². The molecule has 17 heavy (non-hydrogen) atoms. The zero-order valence-electron chi connectivity index (χ0n) is 8.69. The van der Waals surface area contributed by atoms with Gasteiger partial charge in [0.1, 0.15) is 0 Å². The van der Waals surface area contributed by atoms with Crippen molar-refractivity contribution in [2.24, 2.45) is 10.9 Å². The quantitative estimate of drug-likeness (QED) is 0.346. The van der Waals surface area contributed by atoms with Gasteiger partial charge >= 0.3 is 0 Å². The second-order valence-electron chi connectivity index (χ2n) is 2.90. The molecule has 0 heterocycles. The van der Waals surface area contributed by atoms with Gasteiger partial charge in [-0.15, -0.1) is 24.8 Å². The van der Waals surface area contributed by atoms with E-state index in [2.05, 4.69) is 10.5 Å². The van der Waals surface area contributed by atoms with Gasteiger partial charge in [-0.05, 0) is 12.1 Å². The molecular weight excluding hydrogens is 308 g/mol. The highest BCUT2D eigenvalue weighted by Gasteiger charge is 2.04. The van der Waals surface area contributed by atoms with Crippen molar-refractivity contribution >= 4 is 53.9 Å². The van der Waals surface area contributed by atoms with Crippen LogP contribution in [-0.4, -0.2) is 17.6 Å². The van der Waals surface area contributed by atoms with Gasteiger partial charge in [-0.3, -0.25) is 0 Å².